The predicted molar refractivity (Wildman–Crippen MR) is 80.7 cm³/mol. The van der Waals surface area contributed by atoms with Crippen molar-refractivity contribution in [3.05, 3.63) is 28.8 Å². The zero-order valence-electron chi connectivity index (χ0n) is 10.9. The Morgan fingerprint density at radius 3 is 2.70 bits per heavy atom. The Morgan fingerprint density at radius 1 is 1.35 bits per heavy atom. The van der Waals surface area contributed by atoms with Gasteiger partial charge in [-0.2, -0.15) is 12.7 Å². The van der Waals surface area contributed by atoms with Gasteiger partial charge in [-0.05, 0) is 31.0 Å². The summed E-state index contributed by atoms with van der Waals surface area (Å²) in [6.07, 6.45) is 1.80. The van der Waals surface area contributed by atoms with Crippen molar-refractivity contribution in [2.75, 3.05) is 24.4 Å². The number of halogens is 1. The molecule has 1 fully saturated rings. The lowest BCUT2D eigenvalue weighted by molar-refractivity contribution is 0.482. The number of hydrogen-bond acceptors (Lipinski definition) is 3. The van der Waals surface area contributed by atoms with Crippen LogP contribution in [0.15, 0.2) is 18.2 Å². The van der Waals surface area contributed by atoms with Crippen molar-refractivity contribution in [3.63, 3.8) is 0 Å². The van der Waals surface area contributed by atoms with Gasteiger partial charge in [0.1, 0.15) is 0 Å². The van der Waals surface area contributed by atoms with Gasteiger partial charge in [-0.25, -0.2) is 0 Å². The Balaban J connectivity index is 2.21. The molecule has 5 nitrogen and oxygen atoms in total. The molecule has 0 radical (unpaired) electrons. The minimum atomic E-state index is -3.50. The van der Waals surface area contributed by atoms with Gasteiger partial charge in [-0.3, -0.25) is 4.72 Å². The van der Waals surface area contributed by atoms with Crippen LogP contribution >= 0.6 is 11.6 Å². The van der Waals surface area contributed by atoms with Gasteiger partial charge >= 0.3 is 10.2 Å². The van der Waals surface area contributed by atoms with Gasteiger partial charge in [-0.1, -0.05) is 23.4 Å². The fourth-order valence-corrected chi connectivity index (χ4v) is 3.43. The van der Waals surface area contributed by atoms with E-state index in [9.17, 15) is 8.42 Å². The van der Waals surface area contributed by atoms with Gasteiger partial charge in [0.15, 0.2) is 0 Å². The molecule has 0 spiro atoms. The van der Waals surface area contributed by atoms with Crippen molar-refractivity contribution in [2.24, 2.45) is 5.73 Å². The van der Waals surface area contributed by atoms with E-state index < -0.39 is 10.2 Å². The molecule has 7 heteroatoms. The standard InChI is InChI=1S/C13H16ClN3O2S/c14-13-6-5-12(10-11(13)4-3-7-15)16-20(18,19)17-8-1-2-9-17/h5-6,10,16H,1-2,7-9,15H2. The van der Waals surface area contributed by atoms with Gasteiger partial charge in [0.2, 0.25) is 0 Å². The van der Waals surface area contributed by atoms with E-state index in [1.165, 1.54) is 4.31 Å². The van der Waals surface area contributed by atoms with Crippen molar-refractivity contribution in [3.8, 4) is 11.8 Å². The topological polar surface area (TPSA) is 75.4 Å². The van der Waals surface area contributed by atoms with Crippen LogP contribution in [0.1, 0.15) is 18.4 Å². The van der Waals surface area contributed by atoms with Crippen LogP contribution in [-0.4, -0.2) is 32.4 Å². The van der Waals surface area contributed by atoms with E-state index >= 15 is 0 Å². The highest BCUT2D eigenvalue weighted by atomic mass is 35.5. The summed E-state index contributed by atoms with van der Waals surface area (Å²) >= 11 is 6.00. The Bertz CT molecular complexity index is 643. The fourth-order valence-electron chi connectivity index (χ4n) is 1.97. The van der Waals surface area contributed by atoms with E-state index in [4.69, 9.17) is 17.3 Å². The van der Waals surface area contributed by atoms with Crippen LogP contribution in [0.25, 0.3) is 0 Å². The molecule has 1 aliphatic rings. The van der Waals surface area contributed by atoms with E-state index in [0.29, 0.717) is 29.4 Å². The summed E-state index contributed by atoms with van der Waals surface area (Å²) in [5, 5.41) is 0.468. The quantitative estimate of drug-likeness (QED) is 0.828. The molecule has 0 bridgehead atoms. The van der Waals surface area contributed by atoms with Gasteiger partial charge in [0.25, 0.3) is 0 Å². The smallest absolute Gasteiger partial charge is 0.301 e. The third kappa shape index (κ3) is 3.64. The number of hydrogen-bond donors (Lipinski definition) is 2. The zero-order chi connectivity index (χ0) is 14.6. The summed E-state index contributed by atoms with van der Waals surface area (Å²) in [6, 6.07) is 4.84. The zero-order valence-corrected chi connectivity index (χ0v) is 12.5. The molecular weight excluding hydrogens is 298 g/mol. The molecule has 0 unspecified atom stereocenters. The number of nitrogens with one attached hydrogen (secondary N) is 1. The summed E-state index contributed by atoms with van der Waals surface area (Å²) in [4.78, 5) is 0. The highest BCUT2D eigenvalue weighted by Gasteiger charge is 2.25. The van der Waals surface area contributed by atoms with Gasteiger partial charge in [0, 0.05) is 18.7 Å². The number of benzene rings is 1. The Morgan fingerprint density at radius 2 is 2.05 bits per heavy atom. The summed E-state index contributed by atoms with van der Waals surface area (Å²) in [6.45, 7) is 1.34. The average molecular weight is 314 g/mol. The Kier molecular flexibility index (Phi) is 4.89. The third-order valence-electron chi connectivity index (χ3n) is 2.94. The maximum absolute atomic E-state index is 12.1. The molecule has 0 aliphatic carbocycles. The van der Waals surface area contributed by atoms with Crippen molar-refractivity contribution in [1.29, 1.82) is 0 Å². The Hall–Kier alpha value is -1.26. The molecule has 1 saturated heterocycles. The molecule has 2 rings (SSSR count). The van der Waals surface area contributed by atoms with Crippen molar-refractivity contribution in [1.82, 2.24) is 4.31 Å². The molecule has 0 saturated carbocycles. The monoisotopic (exact) mass is 313 g/mol. The van der Waals surface area contributed by atoms with Crippen LogP contribution in [0.2, 0.25) is 5.02 Å². The fraction of sp³-hybridized carbons (Fsp3) is 0.385. The third-order valence-corrected chi connectivity index (χ3v) is 4.81. The first-order valence-electron chi connectivity index (χ1n) is 6.29. The minimum Gasteiger partial charge on any atom is -0.320 e. The Labute approximate surface area is 124 Å². The first kappa shape index (κ1) is 15.1. The summed E-state index contributed by atoms with van der Waals surface area (Å²) < 4.78 is 28.3. The molecule has 108 valence electrons. The van der Waals surface area contributed by atoms with Crippen LogP contribution in [0.4, 0.5) is 5.69 Å². The number of nitrogens with two attached hydrogens (primary N) is 1. The van der Waals surface area contributed by atoms with E-state index in [-0.39, 0.29) is 6.54 Å². The second kappa shape index (κ2) is 6.46. The van der Waals surface area contributed by atoms with E-state index in [2.05, 4.69) is 16.6 Å². The summed E-state index contributed by atoms with van der Waals surface area (Å²) in [5.74, 6) is 5.51. The molecule has 1 heterocycles. The first-order chi connectivity index (χ1) is 9.53. The minimum absolute atomic E-state index is 0.222. The van der Waals surface area contributed by atoms with E-state index in [1.807, 2.05) is 0 Å². The van der Waals surface area contributed by atoms with Crippen LogP contribution in [0, 0.1) is 11.8 Å². The maximum atomic E-state index is 12.1. The molecule has 20 heavy (non-hydrogen) atoms. The number of nitrogens with zero attached hydrogens (tertiary/aromatic N) is 1. The van der Waals surface area contributed by atoms with Crippen LogP contribution in [0.5, 0.6) is 0 Å². The molecule has 1 aliphatic heterocycles. The lowest BCUT2D eigenvalue weighted by Gasteiger charge is -2.17. The van der Waals surface area contributed by atoms with Crippen LogP contribution < -0.4 is 10.5 Å². The van der Waals surface area contributed by atoms with Crippen LogP contribution in [-0.2, 0) is 10.2 Å². The SMILES string of the molecule is NCC#Cc1cc(NS(=O)(=O)N2CCCC2)ccc1Cl. The summed E-state index contributed by atoms with van der Waals surface area (Å²) in [7, 11) is -3.50. The van der Waals surface area contributed by atoms with Gasteiger partial charge < -0.3 is 5.73 Å². The molecule has 1 aromatic carbocycles. The normalized spacial score (nSPS) is 15.7. The van der Waals surface area contributed by atoms with Gasteiger partial charge in [-0.15, -0.1) is 0 Å². The second-order valence-corrected chi connectivity index (χ2v) is 6.49. The molecule has 1 aromatic rings. The van der Waals surface area contributed by atoms with Crippen molar-refractivity contribution >= 4 is 27.5 Å². The largest absolute Gasteiger partial charge is 0.320 e. The predicted octanol–water partition coefficient (Wildman–Crippen LogP) is 1.40. The van der Waals surface area contributed by atoms with E-state index in [0.717, 1.165) is 12.8 Å². The lowest BCUT2D eigenvalue weighted by atomic mass is 10.2. The highest BCUT2D eigenvalue weighted by molar-refractivity contribution is 7.90. The lowest BCUT2D eigenvalue weighted by Crippen LogP contribution is -2.33. The molecule has 0 aromatic heterocycles. The van der Waals surface area contributed by atoms with Crippen LogP contribution in [0.3, 0.4) is 0 Å². The first-order valence-corrected chi connectivity index (χ1v) is 8.11. The molecule has 0 atom stereocenters. The average Bonchev–Trinajstić information content (AvgIpc) is 2.94. The number of anilines is 1. The second-order valence-electron chi connectivity index (χ2n) is 4.41. The van der Waals surface area contributed by atoms with Gasteiger partial charge in [0.05, 0.1) is 17.3 Å². The highest BCUT2D eigenvalue weighted by Crippen LogP contribution is 2.22. The van der Waals surface area contributed by atoms with Crippen molar-refractivity contribution < 1.29 is 8.42 Å². The number of rotatable bonds is 3. The van der Waals surface area contributed by atoms with E-state index in [1.54, 1.807) is 18.2 Å². The maximum Gasteiger partial charge on any atom is 0.301 e. The summed E-state index contributed by atoms with van der Waals surface area (Å²) in [5.41, 5.74) is 6.32. The molecule has 0 amide bonds. The molecular formula is C13H16ClN3O2S. The van der Waals surface area contributed by atoms with Crippen molar-refractivity contribution in [2.45, 2.75) is 12.8 Å². The molecule has 3 N–H and O–H groups in total.